The summed E-state index contributed by atoms with van der Waals surface area (Å²) in [4.78, 5) is 0. The monoisotopic (exact) mass is 222 g/mol. The third kappa shape index (κ3) is 2.06. The molecule has 2 atom stereocenters. The van der Waals surface area contributed by atoms with E-state index in [4.69, 9.17) is 11.6 Å². The molecule has 0 spiro atoms. The number of hydrogen-bond donors (Lipinski definition) is 0. The van der Waals surface area contributed by atoms with Gasteiger partial charge in [0.05, 0.1) is 0 Å². The van der Waals surface area contributed by atoms with E-state index >= 15 is 0 Å². The zero-order valence-corrected chi connectivity index (χ0v) is 10.6. The number of alkyl halides is 1. The van der Waals surface area contributed by atoms with Crippen LogP contribution < -0.4 is 0 Å². The van der Waals surface area contributed by atoms with E-state index in [0.29, 0.717) is 10.8 Å². The molecule has 0 aliphatic heterocycles. The Morgan fingerprint density at radius 2 is 2.07 bits per heavy atom. The number of hydrogen-bond acceptors (Lipinski definition) is 0. The van der Waals surface area contributed by atoms with Gasteiger partial charge in [0.2, 0.25) is 0 Å². The topological polar surface area (TPSA) is 0 Å². The van der Waals surface area contributed by atoms with Gasteiger partial charge in [-0.25, -0.2) is 0 Å². The fourth-order valence-corrected chi connectivity index (χ4v) is 3.35. The molecule has 1 aromatic carbocycles. The van der Waals surface area contributed by atoms with Crippen LogP contribution in [0.3, 0.4) is 0 Å². The lowest BCUT2D eigenvalue weighted by Gasteiger charge is -2.26. The number of halogens is 1. The molecular weight excluding hydrogens is 204 g/mol. The summed E-state index contributed by atoms with van der Waals surface area (Å²) >= 11 is 6.23. The molecular formula is C14H19Cl. The molecule has 0 radical (unpaired) electrons. The zero-order valence-electron chi connectivity index (χ0n) is 9.81. The largest absolute Gasteiger partial charge is 0.123 e. The average Bonchev–Trinajstić information content (AvgIpc) is 2.46. The average molecular weight is 223 g/mol. The van der Waals surface area contributed by atoms with Crippen LogP contribution in [-0.2, 0) is 5.41 Å². The van der Waals surface area contributed by atoms with Crippen molar-refractivity contribution in [3.63, 3.8) is 0 Å². The zero-order chi connectivity index (χ0) is 11.1. The quantitative estimate of drug-likeness (QED) is 0.620. The second kappa shape index (κ2) is 3.83. The van der Waals surface area contributed by atoms with Gasteiger partial charge in [0.1, 0.15) is 0 Å². The van der Waals surface area contributed by atoms with Gasteiger partial charge < -0.3 is 0 Å². The first kappa shape index (κ1) is 11.0. The fourth-order valence-electron chi connectivity index (χ4n) is 2.90. The highest BCUT2D eigenvalue weighted by Gasteiger charge is 2.36. The van der Waals surface area contributed by atoms with Crippen molar-refractivity contribution in [2.24, 2.45) is 0 Å². The summed E-state index contributed by atoms with van der Waals surface area (Å²) in [5, 5.41) is 0.371. The van der Waals surface area contributed by atoms with Gasteiger partial charge in [-0.05, 0) is 49.7 Å². The summed E-state index contributed by atoms with van der Waals surface area (Å²) in [7, 11) is 0. The predicted octanol–water partition coefficient (Wildman–Crippen LogP) is 4.35. The Morgan fingerprint density at radius 1 is 1.33 bits per heavy atom. The van der Waals surface area contributed by atoms with Crippen LogP contribution in [0.25, 0.3) is 0 Å². The standard InChI is InChI=1S/C14H19Cl/c1-10-4-5-13(11(2)8-10)14(3)7-6-12(15)9-14/h4-5,8,12H,6-7,9H2,1-3H3. The summed E-state index contributed by atoms with van der Waals surface area (Å²) in [6, 6.07) is 6.79. The minimum absolute atomic E-state index is 0.310. The summed E-state index contributed by atoms with van der Waals surface area (Å²) in [6.45, 7) is 6.72. The van der Waals surface area contributed by atoms with Crippen LogP contribution in [0, 0.1) is 13.8 Å². The molecule has 1 heteroatoms. The van der Waals surface area contributed by atoms with Crippen LogP contribution in [0.5, 0.6) is 0 Å². The van der Waals surface area contributed by atoms with Gasteiger partial charge >= 0.3 is 0 Å². The van der Waals surface area contributed by atoms with E-state index in [2.05, 4.69) is 39.0 Å². The predicted molar refractivity (Wildman–Crippen MR) is 66.8 cm³/mol. The van der Waals surface area contributed by atoms with Crippen LogP contribution in [0.2, 0.25) is 0 Å². The maximum Gasteiger partial charge on any atom is 0.0344 e. The molecule has 0 N–H and O–H groups in total. The van der Waals surface area contributed by atoms with E-state index in [1.807, 2.05) is 0 Å². The molecule has 2 unspecified atom stereocenters. The first-order valence-corrected chi connectivity index (χ1v) is 6.17. The molecule has 0 heterocycles. The van der Waals surface area contributed by atoms with E-state index in [-0.39, 0.29) is 0 Å². The van der Waals surface area contributed by atoms with E-state index in [1.54, 1.807) is 0 Å². The van der Waals surface area contributed by atoms with Crippen molar-refractivity contribution in [3.8, 4) is 0 Å². The molecule has 0 saturated heterocycles. The first-order valence-electron chi connectivity index (χ1n) is 5.73. The molecule has 0 aromatic heterocycles. The summed E-state index contributed by atoms with van der Waals surface area (Å²) < 4.78 is 0. The van der Waals surface area contributed by atoms with Gasteiger partial charge in [-0.3, -0.25) is 0 Å². The summed E-state index contributed by atoms with van der Waals surface area (Å²) in [6.07, 6.45) is 3.51. The van der Waals surface area contributed by atoms with Gasteiger partial charge in [-0.1, -0.05) is 30.7 Å². The van der Waals surface area contributed by atoms with Crippen molar-refractivity contribution in [1.82, 2.24) is 0 Å². The lowest BCUT2D eigenvalue weighted by atomic mass is 9.78. The number of aryl methyl sites for hydroxylation is 2. The normalized spacial score (nSPS) is 30.8. The Balaban J connectivity index is 2.37. The van der Waals surface area contributed by atoms with Crippen molar-refractivity contribution in [3.05, 3.63) is 34.9 Å². The Kier molecular flexibility index (Phi) is 2.81. The second-order valence-corrected chi connectivity index (χ2v) is 5.84. The Labute approximate surface area is 97.6 Å². The van der Waals surface area contributed by atoms with Crippen molar-refractivity contribution in [2.45, 2.75) is 50.8 Å². The molecule has 1 aliphatic carbocycles. The van der Waals surface area contributed by atoms with Gasteiger partial charge in [-0.2, -0.15) is 0 Å². The van der Waals surface area contributed by atoms with Crippen LogP contribution >= 0.6 is 11.6 Å². The Hall–Kier alpha value is -0.490. The van der Waals surface area contributed by atoms with Crippen LogP contribution in [0.15, 0.2) is 18.2 Å². The van der Waals surface area contributed by atoms with Crippen LogP contribution in [-0.4, -0.2) is 5.38 Å². The number of benzene rings is 1. The van der Waals surface area contributed by atoms with E-state index in [9.17, 15) is 0 Å². The van der Waals surface area contributed by atoms with Gasteiger partial charge in [0.25, 0.3) is 0 Å². The molecule has 1 aliphatic rings. The smallest absolute Gasteiger partial charge is 0.0344 e. The van der Waals surface area contributed by atoms with E-state index < -0.39 is 0 Å². The minimum atomic E-state index is 0.310. The van der Waals surface area contributed by atoms with E-state index in [1.165, 1.54) is 23.1 Å². The molecule has 0 amide bonds. The summed E-state index contributed by atoms with van der Waals surface area (Å²) in [5.41, 5.74) is 4.57. The molecule has 1 aromatic rings. The maximum atomic E-state index is 6.23. The molecule has 1 saturated carbocycles. The number of rotatable bonds is 1. The molecule has 82 valence electrons. The maximum absolute atomic E-state index is 6.23. The van der Waals surface area contributed by atoms with Gasteiger partial charge in [0, 0.05) is 5.38 Å². The first-order chi connectivity index (χ1) is 7.01. The lowest BCUT2D eigenvalue weighted by Crippen LogP contribution is -2.19. The van der Waals surface area contributed by atoms with Crippen molar-refractivity contribution in [1.29, 1.82) is 0 Å². The molecule has 2 rings (SSSR count). The molecule has 1 fully saturated rings. The SMILES string of the molecule is Cc1ccc(C2(C)CCC(Cl)C2)c(C)c1. The molecule has 0 nitrogen and oxygen atoms in total. The Bertz CT molecular complexity index is 370. The highest BCUT2D eigenvalue weighted by atomic mass is 35.5. The summed E-state index contributed by atoms with van der Waals surface area (Å²) in [5.74, 6) is 0. The second-order valence-electron chi connectivity index (χ2n) is 5.22. The van der Waals surface area contributed by atoms with Gasteiger partial charge in [-0.15, -0.1) is 11.6 Å². The van der Waals surface area contributed by atoms with Crippen molar-refractivity contribution in [2.75, 3.05) is 0 Å². The van der Waals surface area contributed by atoms with Crippen LogP contribution in [0.1, 0.15) is 42.9 Å². The highest BCUT2D eigenvalue weighted by Crippen LogP contribution is 2.43. The third-order valence-corrected chi connectivity index (χ3v) is 4.09. The Morgan fingerprint density at radius 3 is 2.60 bits per heavy atom. The lowest BCUT2D eigenvalue weighted by molar-refractivity contribution is 0.489. The molecule has 0 bridgehead atoms. The third-order valence-electron chi connectivity index (χ3n) is 3.71. The van der Waals surface area contributed by atoms with Crippen LogP contribution in [0.4, 0.5) is 0 Å². The highest BCUT2D eigenvalue weighted by molar-refractivity contribution is 6.20. The van der Waals surface area contributed by atoms with Crippen molar-refractivity contribution >= 4 is 11.6 Å². The fraction of sp³-hybridized carbons (Fsp3) is 0.571. The minimum Gasteiger partial charge on any atom is -0.123 e. The van der Waals surface area contributed by atoms with E-state index in [0.717, 1.165) is 12.8 Å². The van der Waals surface area contributed by atoms with Crippen molar-refractivity contribution < 1.29 is 0 Å². The molecule has 15 heavy (non-hydrogen) atoms. The van der Waals surface area contributed by atoms with Gasteiger partial charge in [0.15, 0.2) is 0 Å².